The molecule has 0 bridgehead atoms. The first-order valence-electron chi connectivity index (χ1n) is 13.3. The van der Waals surface area contributed by atoms with Crippen LogP contribution in [0.25, 0.3) is 10.9 Å². The Labute approximate surface area is 223 Å². The van der Waals surface area contributed by atoms with Crippen LogP contribution in [0.4, 0.5) is 16.3 Å². The third kappa shape index (κ3) is 4.50. The fourth-order valence-electron chi connectivity index (χ4n) is 5.79. The molecule has 0 unspecified atom stereocenters. The van der Waals surface area contributed by atoms with Crippen molar-refractivity contribution in [2.45, 2.75) is 39.0 Å². The first-order valence-corrected chi connectivity index (χ1v) is 13.3. The number of fused-ring (bicyclic) bond motifs is 4. The quantitative estimate of drug-likeness (QED) is 0.511. The SMILES string of the molecule is CC(C)(C)OC(=O)N1CCN(c2ccc3c(n2)CN2CCN(c4ccc(C#N)c5ncccc45)C[C@@H]32)CC1. The number of carbonyl (C=O) groups is 1. The summed E-state index contributed by atoms with van der Waals surface area (Å²) in [5, 5.41) is 10.5. The second-order valence-electron chi connectivity index (χ2n) is 11.2. The van der Waals surface area contributed by atoms with E-state index in [4.69, 9.17) is 9.72 Å². The van der Waals surface area contributed by atoms with Crippen LogP contribution in [-0.4, -0.2) is 77.3 Å². The van der Waals surface area contributed by atoms with Crippen molar-refractivity contribution in [2.75, 3.05) is 55.6 Å². The molecule has 9 nitrogen and oxygen atoms in total. The predicted molar refractivity (Wildman–Crippen MR) is 146 cm³/mol. The fraction of sp³-hybridized carbons (Fsp3) is 0.448. The summed E-state index contributed by atoms with van der Waals surface area (Å²) in [6, 6.07) is 14.9. The van der Waals surface area contributed by atoms with Crippen molar-refractivity contribution in [3.05, 3.63) is 59.4 Å². The summed E-state index contributed by atoms with van der Waals surface area (Å²) in [5.41, 5.74) is 4.46. The van der Waals surface area contributed by atoms with E-state index >= 15 is 0 Å². The lowest BCUT2D eigenvalue weighted by molar-refractivity contribution is 0.0240. The summed E-state index contributed by atoms with van der Waals surface area (Å²) < 4.78 is 5.53. The average Bonchev–Trinajstić information content (AvgIpc) is 3.28. The molecule has 2 fully saturated rings. The smallest absolute Gasteiger partial charge is 0.410 e. The zero-order valence-electron chi connectivity index (χ0n) is 22.2. The van der Waals surface area contributed by atoms with Crippen LogP contribution in [0.5, 0.6) is 0 Å². The number of benzene rings is 1. The summed E-state index contributed by atoms with van der Waals surface area (Å²) in [5.74, 6) is 0.980. The maximum absolute atomic E-state index is 12.4. The van der Waals surface area contributed by atoms with Crippen molar-refractivity contribution in [3.63, 3.8) is 0 Å². The van der Waals surface area contributed by atoms with Crippen molar-refractivity contribution < 1.29 is 9.53 Å². The number of nitrogens with zero attached hydrogens (tertiary/aromatic N) is 7. The maximum atomic E-state index is 12.4. The van der Waals surface area contributed by atoms with Gasteiger partial charge in [0, 0.05) is 69.6 Å². The average molecular weight is 512 g/mol. The molecule has 5 heterocycles. The van der Waals surface area contributed by atoms with Crippen LogP contribution in [0.1, 0.15) is 43.6 Å². The Morgan fingerprint density at radius 3 is 2.58 bits per heavy atom. The summed E-state index contributed by atoms with van der Waals surface area (Å²) in [6.45, 7) is 12.0. The predicted octanol–water partition coefficient (Wildman–Crippen LogP) is 3.94. The van der Waals surface area contributed by atoms with Gasteiger partial charge in [0.15, 0.2) is 0 Å². The van der Waals surface area contributed by atoms with E-state index in [1.165, 1.54) is 5.56 Å². The number of nitriles is 1. The number of ether oxygens (including phenoxy) is 1. The van der Waals surface area contributed by atoms with Gasteiger partial charge in [0.2, 0.25) is 0 Å². The Morgan fingerprint density at radius 1 is 1.03 bits per heavy atom. The van der Waals surface area contributed by atoms with Crippen LogP contribution in [0.15, 0.2) is 42.6 Å². The van der Waals surface area contributed by atoms with E-state index in [0.717, 1.165) is 67.4 Å². The van der Waals surface area contributed by atoms with E-state index in [0.29, 0.717) is 18.7 Å². The molecular formula is C29H33N7O2. The van der Waals surface area contributed by atoms with E-state index < -0.39 is 5.60 Å². The molecule has 6 rings (SSSR count). The highest BCUT2D eigenvalue weighted by Crippen LogP contribution is 2.39. The maximum Gasteiger partial charge on any atom is 0.410 e. The van der Waals surface area contributed by atoms with Gasteiger partial charge in [0.05, 0.1) is 22.8 Å². The van der Waals surface area contributed by atoms with E-state index in [9.17, 15) is 10.1 Å². The Balaban J connectivity index is 1.17. The van der Waals surface area contributed by atoms with Crippen LogP contribution in [-0.2, 0) is 11.3 Å². The van der Waals surface area contributed by atoms with Crippen molar-refractivity contribution in [3.8, 4) is 6.07 Å². The van der Waals surface area contributed by atoms with Crippen molar-refractivity contribution >= 4 is 28.5 Å². The molecule has 0 spiro atoms. The standard InChI is InChI=1S/C29H33N7O2/c1-29(2,3)38-28(37)34-13-11-33(12-14-34)26-9-7-21-23(32-26)18-35-15-16-36(19-25(21)35)24-8-6-20(17-30)27-22(24)5-4-10-31-27/h4-10,25H,11-16,18-19H2,1-3H3/t25-/m0/s1. The fourth-order valence-corrected chi connectivity index (χ4v) is 5.79. The molecule has 3 aromatic rings. The van der Waals surface area contributed by atoms with Gasteiger partial charge in [0.25, 0.3) is 0 Å². The molecule has 2 saturated heterocycles. The second kappa shape index (κ2) is 9.44. The summed E-state index contributed by atoms with van der Waals surface area (Å²) >= 11 is 0. The van der Waals surface area contributed by atoms with Gasteiger partial charge in [-0.2, -0.15) is 5.26 Å². The molecule has 38 heavy (non-hydrogen) atoms. The highest BCUT2D eigenvalue weighted by Gasteiger charge is 2.37. The van der Waals surface area contributed by atoms with E-state index in [2.05, 4.69) is 50.0 Å². The van der Waals surface area contributed by atoms with Crippen LogP contribution in [0, 0.1) is 11.3 Å². The van der Waals surface area contributed by atoms with Crippen LogP contribution < -0.4 is 9.80 Å². The molecule has 3 aliphatic heterocycles. The monoisotopic (exact) mass is 511 g/mol. The van der Waals surface area contributed by atoms with Gasteiger partial charge in [-0.15, -0.1) is 0 Å². The number of pyridine rings is 2. The van der Waals surface area contributed by atoms with Gasteiger partial charge >= 0.3 is 6.09 Å². The highest BCUT2D eigenvalue weighted by atomic mass is 16.6. The van der Waals surface area contributed by atoms with Crippen LogP contribution in [0.2, 0.25) is 0 Å². The van der Waals surface area contributed by atoms with Crippen LogP contribution in [0.3, 0.4) is 0 Å². The number of aromatic nitrogens is 2. The molecule has 196 valence electrons. The molecule has 0 saturated carbocycles. The molecule has 1 amide bonds. The first kappa shape index (κ1) is 24.4. The Morgan fingerprint density at radius 2 is 1.82 bits per heavy atom. The number of hydrogen-bond acceptors (Lipinski definition) is 8. The molecule has 3 aliphatic rings. The Kier molecular flexibility index (Phi) is 6.07. The zero-order chi connectivity index (χ0) is 26.4. The van der Waals surface area contributed by atoms with Gasteiger partial charge in [-0.25, -0.2) is 9.78 Å². The lowest BCUT2D eigenvalue weighted by atomic mass is 10.0. The number of piperazine rings is 2. The lowest BCUT2D eigenvalue weighted by Crippen LogP contribution is -2.50. The third-order valence-corrected chi connectivity index (χ3v) is 7.66. The second-order valence-corrected chi connectivity index (χ2v) is 11.2. The van der Waals surface area contributed by atoms with E-state index in [1.807, 2.05) is 32.9 Å². The summed E-state index contributed by atoms with van der Waals surface area (Å²) in [4.78, 5) is 31.0. The minimum absolute atomic E-state index is 0.244. The number of anilines is 2. The molecular weight excluding hydrogens is 478 g/mol. The molecule has 1 atom stereocenters. The molecule has 2 aromatic heterocycles. The minimum Gasteiger partial charge on any atom is -0.444 e. The summed E-state index contributed by atoms with van der Waals surface area (Å²) in [6.07, 6.45) is 1.50. The lowest BCUT2D eigenvalue weighted by Gasteiger charge is -2.39. The molecule has 0 N–H and O–H groups in total. The number of amides is 1. The normalized spacial score (nSPS) is 19.7. The van der Waals surface area contributed by atoms with Gasteiger partial charge in [-0.1, -0.05) is 6.07 Å². The molecule has 0 aliphatic carbocycles. The van der Waals surface area contributed by atoms with Crippen molar-refractivity contribution in [1.82, 2.24) is 19.8 Å². The van der Waals surface area contributed by atoms with Gasteiger partial charge in [-0.3, -0.25) is 9.88 Å². The van der Waals surface area contributed by atoms with Gasteiger partial charge in [-0.05, 0) is 56.7 Å². The summed E-state index contributed by atoms with van der Waals surface area (Å²) in [7, 11) is 0. The largest absolute Gasteiger partial charge is 0.444 e. The Hall–Kier alpha value is -3.90. The topological polar surface area (TPSA) is 88.8 Å². The number of hydrogen-bond donors (Lipinski definition) is 0. The van der Waals surface area contributed by atoms with Gasteiger partial charge < -0.3 is 19.4 Å². The molecule has 1 aromatic carbocycles. The minimum atomic E-state index is -0.485. The van der Waals surface area contributed by atoms with Gasteiger partial charge in [0.1, 0.15) is 17.5 Å². The third-order valence-electron chi connectivity index (χ3n) is 7.66. The zero-order valence-corrected chi connectivity index (χ0v) is 22.2. The molecule has 9 heteroatoms. The molecule has 0 radical (unpaired) electrons. The first-order chi connectivity index (χ1) is 18.3. The number of rotatable bonds is 2. The Bertz CT molecular complexity index is 1420. The van der Waals surface area contributed by atoms with Crippen molar-refractivity contribution in [2.24, 2.45) is 0 Å². The van der Waals surface area contributed by atoms with Crippen molar-refractivity contribution in [1.29, 1.82) is 5.26 Å². The highest BCUT2D eigenvalue weighted by molar-refractivity contribution is 5.95. The number of carbonyl (C=O) groups excluding carboxylic acids is 1. The van der Waals surface area contributed by atoms with Crippen LogP contribution >= 0.6 is 0 Å². The van der Waals surface area contributed by atoms with E-state index in [1.54, 1.807) is 11.1 Å². The van der Waals surface area contributed by atoms with E-state index in [-0.39, 0.29) is 12.1 Å².